The van der Waals surface area contributed by atoms with E-state index in [1.807, 2.05) is 0 Å². The molecule has 1 fully saturated rings. The number of carbonyl (C=O) groups is 3. The average molecular weight is 289 g/mol. The van der Waals surface area contributed by atoms with Gasteiger partial charge in [0.25, 0.3) is 5.91 Å². The monoisotopic (exact) mass is 289 g/mol. The summed E-state index contributed by atoms with van der Waals surface area (Å²) in [5.41, 5.74) is -0.266. The first-order valence-corrected chi connectivity index (χ1v) is 7.11. The van der Waals surface area contributed by atoms with E-state index in [9.17, 15) is 19.5 Å². The largest absolute Gasteiger partial charge is 0.480 e. The summed E-state index contributed by atoms with van der Waals surface area (Å²) in [4.78, 5) is 35.0. The summed E-state index contributed by atoms with van der Waals surface area (Å²) in [5.74, 6) is -1.46. The number of Topliss-reactive ketones (excluding diaryl/α,β-unsaturated/α-hetero) is 1. The van der Waals surface area contributed by atoms with Gasteiger partial charge in [0, 0.05) is 11.1 Å². The van der Waals surface area contributed by atoms with E-state index in [0.29, 0.717) is 24.0 Å². The highest BCUT2D eigenvalue weighted by Crippen LogP contribution is 2.28. The topological polar surface area (TPSA) is 83.5 Å². The zero-order chi connectivity index (χ0) is 15.5. The van der Waals surface area contributed by atoms with Gasteiger partial charge in [-0.15, -0.1) is 0 Å². The molecule has 0 aromatic heterocycles. The molecule has 1 aromatic rings. The van der Waals surface area contributed by atoms with Crippen LogP contribution in [0.2, 0.25) is 0 Å². The van der Waals surface area contributed by atoms with E-state index in [0.717, 1.165) is 19.3 Å². The first-order valence-electron chi connectivity index (χ1n) is 7.11. The molecular weight excluding hydrogens is 270 g/mol. The minimum atomic E-state index is -1.16. The average Bonchev–Trinajstić information content (AvgIpc) is 2.48. The predicted molar refractivity (Wildman–Crippen MR) is 77.4 cm³/mol. The van der Waals surface area contributed by atoms with Crippen LogP contribution in [0.1, 0.15) is 59.7 Å². The number of carbonyl (C=O) groups excluding carboxylic acids is 2. The van der Waals surface area contributed by atoms with Crippen molar-refractivity contribution in [2.45, 2.75) is 44.6 Å². The summed E-state index contributed by atoms with van der Waals surface area (Å²) >= 11 is 0. The van der Waals surface area contributed by atoms with Crippen LogP contribution < -0.4 is 5.32 Å². The van der Waals surface area contributed by atoms with Crippen LogP contribution in [0, 0.1) is 0 Å². The molecule has 0 unspecified atom stereocenters. The predicted octanol–water partition coefficient (Wildman–Crippen LogP) is 2.41. The van der Waals surface area contributed by atoms with Gasteiger partial charge in [0.2, 0.25) is 0 Å². The number of hydrogen-bond donors (Lipinski definition) is 2. The van der Waals surface area contributed by atoms with E-state index in [1.165, 1.54) is 6.92 Å². The summed E-state index contributed by atoms with van der Waals surface area (Å²) in [5, 5.41) is 12.1. The molecule has 2 N–H and O–H groups in total. The number of carboxylic acids is 1. The lowest BCUT2D eigenvalue weighted by Gasteiger charge is -2.34. The number of ketones is 1. The summed E-state index contributed by atoms with van der Waals surface area (Å²) < 4.78 is 0. The lowest BCUT2D eigenvalue weighted by molar-refractivity contribution is -0.145. The SMILES string of the molecule is CC(=O)c1ccc(C(=O)NC2(C(=O)O)CCCCC2)cc1. The Hall–Kier alpha value is -2.17. The van der Waals surface area contributed by atoms with Gasteiger partial charge < -0.3 is 10.4 Å². The second-order valence-electron chi connectivity index (χ2n) is 5.54. The lowest BCUT2D eigenvalue weighted by Crippen LogP contribution is -2.55. The Morgan fingerprint density at radius 3 is 2.00 bits per heavy atom. The van der Waals surface area contributed by atoms with Crippen LogP contribution in [0.15, 0.2) is 24.3 Å². The maximum absolute atomic E-state index is 12.2. The fourth-order valence-electron chi connectivity index (χ4n) is 2.69. The maximum atomic E-state index is 12.2. The quantitative estimate of drug-likeness (QED) is 0.834. The normalized spacial score (nSPS) is 17.0. The molecule has 0 radical (unpaired) electrons. The molecule has 0 bridgehead atoms. The molecule has 0 atom stereocenters. The van der Waals surface area contributed by atoms with Crippen LogP contribution in [-0.4, -0.2) is 28.3 Å². The standard InChI is InChI=1S/C16H19NO4/c1-11(18)12-5-7-13(8-6-12)14(19)17-16(15(20)21)9-3-2-4-10-16/h5-8H,2-4,9-10H2,1H3,(H,17,19)(H,20,21). The van der Waals surface area contributed by atoms with Crippen molar-refractivity contribution in [1.82, 2.24) is 5.32 Å². The van der Waals surface area contributed by atoms with E-state index in [-0.39, 0.29) is 5.78 Å². The molecule has 1 aromatic carbocycles. The van der Waals surface area contributed by atoms with Crippen molar-refractivity contribution < 1.29 is 19.5 Å². The molecule has 1 aliphatic carbocycles. The molecule has 112 valence electrons. The van der Waals surface area contributed by atoms with Gasteiger partial charge in [-0.1, -0.05) is 31.4 Å². The Bertz CT molecular complexity index is 556. The van der Waals surface area contributed by atoms with E-state index >= 15 is 0 Å². The highest BCUT2D eigenvalue weighted by molar-refractivity contribution is 5.99. The molecule has 0 heterocycles. The van der Waals surface area contributed by atoms with Crippen molar-refractivity contribution in [3.05, 3.63) is 35.4 Å². The number of rotatable bonds is 4. The van der Waals surface area contributed by atoms with Gasteiger partial charge in [-0.2, -0.15) is 0 Å². The summed E-state index contributed by atoms with van der Waals surface area (Å²) in [6.45, 7) is 1.45. The number of hydrogen-bond acceptors (Lipinski definition) is 3. The lowest BCUT2D eigenvalue weighted by atomic mass is 9.81. The van der Waals surface area contributed by atoms with Gasteiger partial charge in [0.1, 0.15) is 5.54 Å². The third kappa shape index (κ3) is 3.29. The van der Waals surface area contributed by atoms with Gasteiger partial charge in [-0.3, -0.25) is 9.59 Å². The summed E-state index contributed by atoms with van der Waals surface area (Å²) in [6, 6.07) is 6.24. The molecule has 1 amide bonds. The number of amides is 1. The second-order valence-corrected chi connectivity index (χ2v) is 5.54. The Morgan fingerprint density at radius 2 is 1.52 bits per heavy atom. The fraction of sp³-hybridized carbons (Fsp3) is 0.438. The van der Waals surface area contributed by atoms with Crippen LogP contribution in [0.5, 0.6) is 0 Å². The Kier molecular flexibility index (Phi) is 4.40. The van der Waals surface area contributed by atoms with Crippen LogP contribution in [0.4, 0.5) is 0 Å². The Labute approximate surface area is 123 Å². The smallest absolute Gasteiger partial charge is 0.329 e. The van der Waals surface area contributed by atoms with Crippen molar-refractivity contribution in [3.8, 4) is 0 Å². The van der Waals surface area contributed by atoms with Gasteiger partial charge >= 0.3 is 5.97 Å². The van der Waals surface area contributed by atoms with Crippen molar-refractivity contribution in [1.29, 1.82) is 0 Å². The van der Waals surface area contributed by atoms with Crippen molar-refractivity contribution in [2.24, 2.45) is 0 Å². The Balaban J connectivity index is 2.15. The fourth-order valence-corrected chi connectivity index (χ4v) is 2.69. The molecule has 0 saturated heterocycles. The summed E-state index contributed by atoms with van der Waals surface area (Å²) in [6.07, 6.45) is 3.52. The van der Waals surface area contributed by atoms with E-state index < -0.39 is 17.4 Å². The van der Waals surface area contributed by atoms with E-state index in [1.54, 1.807) is 24.3 Å². The molecule has 0 spiro atoms. The molecule has 2 rings (SSSR count). The second kappa shape index (κ2) is 6.08. The zero-order valence-electron chi connectivity index (χ0n) is 12.0. The molecule has 5 nitrogen and oxygen atoms in total. The summed E-state index contributed by atoms with van der Waals surface area (Å²) in [7, 11) is 0. The maximum Gasteiger partial charge on any atom is 0.329 e. The third-order valence-electron chi connectivity index (χ3n) is 4.02. The third-order valence-corrected chi connectivity index (χ3v) is 4.02. The highest BCUT2D eigenvalue weighted by Gasteiger charge is 2.41. The number of carboxylic acid groups (broad SMARTS) is 1. The number of nitrogens with one attached hydrogen (secondary N) is 1. The minimum Gasteiger partial charge on any atom is -0.480 e. The van der Waals surface area contributed by atoms with Crippen LogP contribution in [0.3, 0.4) is 0 Å². The van der Waals surface area contributed by atoms with E-state index in [2.05, 4.69) is 5.32 Å². The van der Waals surface area contributed by atoms with Crippen LogP contribution in [-0.2, 0) is 4.79 Å². The van der Waals surface area contributed by atoms with E-state index in [4.69, 9.17) is 0 Å². The van der Waals surface area contributed by atoms with Crippen molar-refractivity contribution in [3.63, 3.8) is 0 Å². The number of benzene rings is 1. The minimum absolute atomic E-state index is 0.0729. The van der Waals surface area contributed by atoms with Crippen LogP contribution >= 0.6 is 0 Å². The molecule has 21 heavy (non-hydrogen) atoms. The first-order chi connectivity index (χ1) is 9.94. The van der Waals surface area contributed by atoms with Gasteiger partial charge in [0.15, 0.2) is 5.78 Å². The highest BCUT2D eigenvalue weighted by atomic mass is 16.4. The Morgan fingerprint density at radius 1 is 1.00 bits per heavy atom. The van der Waals surface area contributed by atoms with Crippen LogP contribution in [0.25, 0.3) is 0 Å². The molecule has 1 aliphatic rings. The van der Waals surface area contributed by atoms with Crippen molar-refractivity contribution >= 4 is 17.7 Å². The molecular formula is C16H19NO4. The zero-order valence-corrected chi connectivity index (χ0v) is 12.0. The van der Waals surface area contributed by atoms with Gasteiger partial charge in [0.05, 0.1) is 0 Å². The van der Waals surface area contributed by atoms with Gasteiger partial charge in [-0.05, 0) is 31.9 Å². The molecule has 5 heteroatoms. The molecule has 0 aliphatic heterocycles. The first kappa shape index (κ1) is 15.2. The van der Waals surface area contributed by atoms with Crippen molar-refractivity contribution in [2.75, 3.05) is 0 Å². The molecule has 1 saturated carbocycles. The number of aliphatic carboxylic acids is 1. The van der Waals surface area contributed by atoms with Gasteiger partial charge in [-0.25, -0.2) is 4.79 Å².